The Kier molecular flexibility index (Phi) is 10.5. The molecule has 0 amide bonds. The summed E-state index contributed by atoms with van der Waals surface area (Å²) in [5.74, 6) is 1.49. The average Bonchev–Trinajstić information content (AvgIpc) is 3.29. The number of hydrogen-bond acceptors (Lipinski definition) is 4. The maximum absolute atomic E-state index is 5.95. The molecule has 2 aromatic rings. The first kappa shape index (κ1) is 24.2. The van der Waals surface area contributed by atoms with Gasteiger partial charge in [0.25, 0.3) is 0 Å². The summed E-state index contributed by atoms with van der Waals surface area (Å²) in [6.45, 7) is 8.77. The normalized spacial score (nSPS) is 16.5. The van der Waals surface area contributed by atoms with Gasteiger partial charge in [-0.2, -0.15) is 0 Å². The molecule has 2 aromatic carbocycles. The molecule has 1 aliphatic heterocycles. The van der Waals surface area contributed by atoms with E-state index < -0.39 is 0 Å². The van der Waals surface area contributed by atoms with Crippen molar-refractivity contribution in [1.29, 1.82) is 0 Å². The van der Waals surface area contributed by atoms with Gasteiger partial charge in [-0.15, -0.1) is 0 Å². The number of rotatable bonds is 12. The molecule has 174 valence electrons. The summed E-state index contributed by atoms with van der Waals surface area (Å²) < 4.78 is 17.0. The van der Waals surface area contributed by atoms with E-state index in [0.717, 1.165) is 45.2 Å². The molecule has 1 aliphatic rings. The van der Waals surface area contributed by atoms with Crippen LogP contribution in [0.3, 0.4) is 0 Å². The Balaban J connectivity index is 1.38. The smallest absolute Gasteiger partial charge is 0.193 e. The Hall–Kier alpha value is -2.41. The summed E-state index contributed by atoms with van der Waals surface area (Å²) in [6, 6.07) is 18.8. The number of aliphatic imine (C=N–C) groups is 1. The van der Waals surface area contributed by atoms with Gasteiger partial charge in [-0.1, -0.05) is 54.6 Å². The number of nitrogens with zero attached hydrogens (tertiary/aromatic N) is 2. The monoisotopic (exact) mass is 439 g/mol. The zero-order valence-electron chi connectivity index (χ0n) is 19.5. The van der Waals surface area contributed by atoms with Crippen LogP contribution in [-0.4, -0.2) is 57.4 Å². The molecule has 0 aliphatic carbocycles. The summed E-state index contributed by atoms with van der Waals surface area (Å²) in [5.41, 5.74) is 3.62. The molecule has 0 bridgehead atoms. The number of ether oxygens (including phenoxy) is 3. The van der Waals surface area contributed by atoms with Crippen LogP contribution in [0, 0.1) is 5.92 Å². The lowest BCUT2D eigenvalue weighted by molar-refractivity contribution is 0.0453. The molecule has 6 heteroatoms. The van der Waals surface area contributed by atoms with Crippen LogP contribution in [0.1, 0.15) is 30.0 Å². The highest BCUT2D eigenvalue weighted by molar-refractivity contribution is 5.80. The quantitative estimate of drug-likeness (QED) is 0.309. The Labute approximate surface area is 192 Å². The predicted molar refractivity (Wildman–Crippen MR) is 129 cm³/mol. The van der Waals surface area contributed by atoms with Crippen molar-refractivity contribution in [2.24, 2.45) is 10.9 Å². The van der Waals surface area contributed by atoms with E-state index in [-0.39, 0.29) is 0 Å². The Morgan fingerprint density at radius 2 is 1.72 bits per heavy atom. The van der Waals surface area contributed by atoms with Crippen LogP contribution in [0.2, 0.25) is 0 Å². The van der Waals surface area contributed by atoms with Crippen LogP contribution in [0.5, 0.6) is 0 Å². The molecule has 0 spiro atoms. The number of likely N-dealkylation sites (tertiary alicyclic amines) is 1. The van der Waals surface area contributed by atoms with Crippen LogP contribution < -0.4 is 5.32 Å². The van der Waals surface area contributed by atoms with Gasteiger partial charge in [0.05, 0.1) is 33.0 Å². The summed E-state index contributed by atoms with van der Waals surface area (Å²) in [5, 5.41) is 3.52. The molecule has 1 heterocycles. The minimum Gasteiger partial charge on any atom is -0.379 e. The minimum atomic E-state index is 0.537. The Bertz CT molecular complexity index is 813. The second-order valence-corrected chi connectivity index (χ2v) is 8.07. The second-order valence-electron chi connectivity index (χ2n) is 8.07. The van der Waals surface area contributed by atoms with Crippen molar-refractivity contribution in [2.75, 3.05) is 46.6 Å². The fourth-order valence-corrected chi connectivity index (χ4v) is 3.87. The number of guanidine groups is 1. The van der Waals surface area contributed by atoms with E-state index in [1.807, 2.05) is 20.0 Å². The van der Waals surface area contributed by atoms with Gasteiger partial charge in [0, 0.05) is 39.2 Å². The Morgan fingerprint density at radius 3 is 2.53 bits per heavy atom. The van der Waals surface area contributed by atoms with Crippen LogP contribution in [-0.2, 0) is 34.0 Å². The first-order valence-electron chi connectivity index (χ1n) is 11.6. The molecule has 1 N–H and O–H groups in total. The standard InChI is InChI=1S/C26H37N3O3/c1-3-30-14-15-31-20-24-11-7-10-23(16-24)17-28-26(27-2)29-13-12-25(18-29)21-32-19-22-8-5-4-6-9-22/h4-11,16,25H,3,12-15,17-21H2,1-2H3,(H,27,28). The average molecular weight is 440 g/mol. The van der Waals surface area contributed by atoms with E-state index in [2.05, 4.69) is 63.7 Å². The largest absolute Gasteiger partial charge is 0.379 e. The second kappa shape index (κ2) is 13.9. The van der Waals surface area contributed by atoms with Crippen LogP contribution in [0.4, 0.5) is 0 Å². The molecule has 1 saturated heterocycles. The van der Waals surface area contributed by atoms with E-state index in [1.54, 1.807) is 0 Å². The fraction of sp³-hybridized carbons (Fsp3) is 0.500. The first-order chi connectivity index (χ1) is 15.8. The third-order valence-corrected chi connectivity index (χ3v) is 5.55. The molecular formula is C26H37N3O3. The molecule has 0 aromatic heterocycles. The van der Waals surface area contributed by atoms with Crippen molar-refractivity contribution in [3.05, 3.63) is 71.3 Å². The number of hydrogen-bond donors (Lipinski definition) is 1. The van der Waals surface area contributed by atoms with Crippen LogP contribution in [0.15, 0.2) is 59.6 Å². The molecule has 0 radical (unpaired) electrons. The van der Waals surface area contributed by atoms with Crippen molar-refractivity contribution < 1.29 is 14.2 Å². The minimum absolute atomic E-state index is 0.537. The van der Waals surface area contributed by atoms with Gasteiger partial charge >= 0.3 is 0 Å². The fourth-order valence-electron chi connectivity index (χ4n) is 3.87. The van der Waals surface area contributed by atoms with Crippen molar-refractivity contribution in [3.8, 4) is 0 Å². The maximum Gasteiger partial charge on any atom is 0.193 e. The zero-order valence-corrected chi connectivity index (χ0v) is 19.5. The first-order valence-corrected chi connectivity index (χ1v) is 11.6. The SMILES string of the molecule is CCOCCOCc1cccc(CNC(=NC)N2CCC(COCc3ccccc3)C2)c1. The maximum atomic E-state index is 5.95. The van der Waals surface area contributed by atoms with Gasteiger partial charge < -0.3 is 24.4 Å². The number of benzene rings is 2. The van der Waals surface area contributed by atoms with Crippen LogP contribution in [0.25, 0.3) is 0 Å². The van der Waals surface area contributed by atoms with Crippen molar-refractivity contribution in [2.45, 2.75) is 33.1 Å². The van der Waals surface area contributed by atoms with Gasteiger partial charge in [-0.25, -0.2) is 0 Å². The zero-order chi connectivity index (χ0) is 22.4. The van der Waals surface area contributed by atoms with Gasteiger partial charge in [-0.05, 0) is 30.0 Å². The van der Waals surface area contributed by atoms with E-state index in [9.17, 15) is 0 Å². The molecule has 1 atom stereocenters. The molecular weight excluding hydrogens is 402 g/mol. The topological polar surface area (TPSA) is 55.3 Å². The van der Waals surface area contributed by atoms with E-state index in [1.165, 1.54) is 16.7 Å². The van der Waals surface area contributed by atoms with Gasteiger partial charge in [0.2, 0.25) is 0 Å². The summed E-state index contributed by atoms with van der Waals surface area (Å²) in [6.07, 6.45) is 1.13. The molecule has 3 rings (SSSR count). The lowest BCUT2D eigenvalue weighted by Crippen LogP contribution is -2.39. The van der Waals surface area contributed by atoms with Gasteiger partial charge in [0.15, 0.2) is 5.96 Å². The summed E-state index contributed by atoms with van der Waals surface area (Å²) in [7, 11) is 1.85. The molecule has 0 saturated carbocycles. The third kappa shape index (κ3) is 8.26. The van der Waals surface area contributed by atoms with Crippen molar-refractivity contribution in [3.63, 3.8) is 0 Å². The molecule has 1 fully saturated rings. The highest BCUT2D eigenvalue weighted by Crippen LogP contribution is 2.17. The predicted octanol–water partition coefficient (Wildman–Crippen LogP) is 3.85. The summed E-state index contributed by atoms with van der Waals surface area (Å²) in [4.78, 5) is 6.83. The number of nitrogens with one attached hydrogen (secondary N) is 1. The highest BCUT2D eigenvalue weighted by atomic mass is 16.5. The van der Waals surface area contributed by atoms with E-state index in [0.29, 0.717) is 32.3 Å². The van der Waals surface area contributed by atoms with Crippen LogP contribution >= 0.6 is 0 Å². The summed E-state index contributed by atoms with van der Waals surface area (Å²) >= 11 is 0. The highest BCUT2D eigenvalue weighted by Gasteiger charge is 2.24. The molecule has 32 heavy (non-hydrogen) atoms. The van der Waals surface area contributed by atoms with Crippen molar-refractivity contribution in [1.82, 2.24) is 10.2 Å². The van der Waals surface area contributed by atoms with E-state index in [4.69, 9.17) is 14.2 Å². The molecule has 6 nitrogen and oxygen atoms in total. The van der Waals surface area contributed by atoms with Crippen molar-refractivity contribution >= 4 is 5.96 Å². The lowest BCUT2D eigenvalue weighted by atomic mass is 10.1. The molecule has 1 unspecified atom stereocenters. The van der Waals surface area contributed by atoms with Gasteiger partial charge in [-0.3, -0.25) is 4.99 Å². The lowest BCUT2D eigenvalue weighted by Gasteiger charge is -2.22. The van der Waals surface area contributed by atoms with Gasteiger partial charge in [0.1, 0.15) is 0 Å². The third-order valence-electron chi connectivity index (χ3n) is 5.55. The van der Waals surface area contributed by atoms with E-state index >= 15 is 0 Å². The Morgan fingerprint density at radius 1 is 0.969 bits per heavy atom.